The normalized spacial score (nSPS) is 20.1. The molecule has 2 amide bonds. The highest BCUT2D eigenvalue weighted by atomic mass is 19.4. The van der Waals surface area contributed by atoms with Crippen LogP contribution in [-0.2, 0) is 17.7 Å². The van der Waals surface area contributed by atoms with Gasteiger partial charge in [0.1, 0.15) is 17.4 Å². The molecule has 1 unspecified atom stereocenters. The number of hydrogen-bond acceptors (Lipinski definition) is 3. The van der Waals surface area contributed by atoms with Gasteiger partial charge in [-0.25, -0.2) is 14.2 Å². The summed E-state index contributed by atoms with van der Waals surface area (Å²) < 4.78 is 95.5. The fourth-order valence-corrected chi connectivity index (χ4v) is 3.25. The number of carbonyl (C=O) groups excluding carboxylic acids is 1. The van der Waals surface area contributed by atoms with Gasteiger partial charge >= 0.3 is 18.4 Å². The van der Waals surface area contributed by atoms with Crippen LogP contribution >= 0.6 is 0 Å². The number of alkyl halides is 6. The molecule has 1 aliphatic heterocycles. The SMILES string of the molecule is C1CC1.CC(O[C@H](C)Cc1nc2c(F)cc(CN3C[C@@H](C(F)(F)F)NC3=O)cc2[nH]1)C(F)(F)F. The van der Waals surface area contributed by atoms with E-state index >= 15 is 0 Å². The van der Waals surface area contributed by atoms with Crippen LogP contribution in [0.4, 0.5) is 35.5 Å². The Bertz CT molecular complexity index is 1000. The van der Waals surface area contributed by atoms with Gasteiger partial charge in [-0.15, -0.1) is 0 Å². The predicted molar refractivity (Wildman–Crippen MR) is 108 cm³/mol. The Hall–Kier alpha value is -2.57. The topological polar surface area (TPSA) is 70.2 Å². The van der Waals surface area contributed by atoms with Gasteiger partial charge in [0, 0.05) is 13.0 Å². The van der Waals surface area contributed by atoms with Crippen LogP contribution in [0.25, 0.3) is 11.0 Å². The number of aromatic amines is 1. The Morgan fingerprint density at radius 1 is 1.15 bits per heavy atom. The number of carbonyl (C=O) groups is 1. The summed E-state index contributed by atoms with van der Waals surface area (Å²) in [7, 11) is 0. The minimum Gasteiger partial charge on any atom is -0.366 e. The van der Waals surface area contributed by atoms with Crippen molar-refractivity contribution in [1.29, 1.82) is 0 Å². The van der Waals surface area contributed by atoms with E-state index in [4.69, 9.17) is 4.74 Å². The quantitative estimate of drug-likeness (QED) is 0.536. The standard InChI is InChI=1S/C18H19F7N4O2.C3H6/c1-8(31-9(2)17(20,21)22)3-14-26-12-5-10(4-11(19)15(12)28-14)6-29-7-13(18(23,24)25)27-16(29)30;1-2-3-1/h4-5,8-9,13H,3,6-7H2,1-2H3,(H,26,28)(H,27,30);1-3H2/t8-,9?,13+;/m1./s1. The lowest BCUT2D eigenvalue weighted by Gasteiger charge is -2.20. The molecule has 6 nitrogen and oxygen atoms in total. The highest BCUT2D eigenvalue weighted by Gasteiger charge is 2.46. The molecule has 34 heavy (non-hydrogen) atoms. The molecule has 1 saturated heterocycles. The number of fused-ring (bicyclic) bond motifs is 1. The molecule has 1 aromatic heterocycles. The molecule has 4 rings (SSSR count). The number of rotatable bonds is 6. The van der Waals surface area contributed by atoms with Gasteiger partial charge in [0.25, 0.3) is 0 Å². The summed E-state index contributed by atoms with van der Waals surface area (Å²) in [5.41, 5.74) is 0.357. The summed E-state index contributed by atoms with van der Waals surface area (Å²) in [5, 5.41) is 1.82. The molecule has 2 heterocycles. The second-order valence-corrected chi connectivity index (χ2v) is 8.48. The van der Waals surface area contributed by atoms with Gasteiger partial charge in [0.2, 0.25) is 0 Å². The average Bonchev–Trinajstić information content (AvgIpc) is 3.45. The molecule has 2 N–H and O–H groups in total. The minimum absolute atomic E-state index is 0.0499. The zero-order valence-electron chi connectivity index (χ0n) is 18.5. The van der Waals surface area contributed by atoms with Gasteiger partial charge in [0.15, 0.2) is 11.9 Å². The van der Waals surface area contributed by atoms with Gasteiger partial charge in [-0.05, 0) is 31.5 Å². The minimum atomic E-state index is -4.60. The Labute approximate surface area is 190 Å². The van der Waals surface area contributed by atoms with E-state index in [1.165, 1.54) is 32.3 Å². The molecular weight excluding hydrogens is 473 g/mol. The lowest BCUT2D eigenvalue weighted by molar-refractivity contribution is -0.224. The number of nitrogens with zero attached hydrogens (tertiary/aromatic N) is 2. The fraction of sp³-hybridized carbons (Fsp3) is 0.619. The predicted octanol–water partition coefficient (Wildman–Crippen LogP) is 5.23. The van der Waals surface area contributed by atoms with Crippen molar-refractivity contribution in [1.82, 2.24) is 20.2 Å². The molecule has 0 radical (unpaired) electrons. The highest BCUT2D eigenvalue weighted by Crippen LogP contribution is 2.27. The molecule has 0 spiro atoms. The van der Waals surface area contributed by atoms with Crippen LogP contribution in [0.3, 0.4) is 0 Å². The van der Waals surface area contributed by atoms with Crippen LogP contribution < -0.4 is 5.32 Å². The third-order valence-corrected chi connectivity index (χ3v) is 5.14. The first-order valence-electron chi connectivity index (χ1n) is 10.8. The van der Waals surface area contributed by atoms with E-state index in [0.29, 0.717) is 0 Å². The summed E-state index contributed by atoms with van der Waals surface area (Å²) in [5.74, 6) is -0.594. The number of aromatic nitrogens is 2. The Balaban J connectivity index is 0.000000999. The summed E-state index contributed by atoms with van der Waals surface area (Å²) in [6.45, 7) is 1.42. The van der Waals surface area contributed by atoms with Crippen molar-refractivity contribution in [2.75, 3.05) is 6.54 Å². The van der Waals surface area contributed by atoms with E-state index in [-0.39, 0.29) is 35.4 Å². The van der Waals surface area contributed by atoms with Gasteiger partial charge in [-0.1, -0.05) is 19.3 Å². The first kappa shape index (κ1) is 26.0. The first-order valence-corrected chi connectivity index (χ1v) is 10.8. The average molecular weight is 498 g/mol. The summed E-state index contributed by atoms with van der Waals surface area (Å²) in [4.78, 5) is 19.5. The van der Waals surface area contributed by atoms with Gasteiger partial charge in [0.05, 0.1) is 18.2 Å². The molecule has 2 fully saturated rings. The second-order valence-electron chi connectivity index (χ2n) is 8.48. The summed E-state index contributed by atoms with van der Waals surface area (Å²) >= 11 is 0. The van der Waals surface area contributed by atoms with E-state index in [0.717, 1.165) is 17.9 Å². The lowest BCUT2D eigenvalue weighted by atomic mass is 10.1. The Morgan fingerprint density at radius 3 is 2.32 bits per heavy atom. The third-order valence-electron chi connectivity index (χ3n) is 5.14. The van der Waals surface area contributed by atoms with Crippen molar-refractivity contribution in [3.63, 3.8) is 0 Å². The maximum absolute atomic E-state index is 14.4. The molecule has 13 heteroatoms. The summed E-state index contributed by atoms with van der Waals surface area (Å²) in [6, 6.07) is -0.453. The highest BCUT2D eigenvalue weighted by molar-refractivity contribution is 5.78. The van der Waals surface area contributed by atoms with E-state index in [2.05, 4.69) is 9.97 Å². The number of amides is 2. The molecule has 0 bridgehead atoms. The molecule has 1 aromatic carbocycles. The van der Waals surface area contributed by atoms with Crippen LogP contribution in [0.1, 0.15) is 44.5 Å². The van der Waals surface area contributed by atoms with Crippen LogP contribution in [0, 0.1) is 5.82 Å². The van der Waals surface area contributed by atoms with Gasteiger partial charge in [-0.3, -0.25) is 0 Å². The van der Waals surface area contributed by atoms with E-state index in [1.807, 2.05) is 5.32 Å². The van der Waals surface area contributed by atoms with Crippen molar-refractivity contribution in [2.45, 2.75) is 76.7 Å². The number of hydrogen-bond donors (Lipinski definition) is 2. The molecule has 2 aliphatic rings. The smallest absolute Gasteiger partial charge is 0.366 e. The lowest BCUT2D eigenvalue weighted by Crippen LogP contribution is -2.40. The van der Waals surface area contributed by atoms with Crippen molar-refractivity contribution in [2.24, 2.45) is 0 Å². The van der Waals surface area contributed by atoms with Gasteiger partial charge < -0.3 is 19.9 Å². The largest absolute Gasteiger partial charge is 0.414 e. The molecule has 1 aliphatic carbocycles. The number of imidazole rings is 1. The van der Waals surface area contributed by atoms with Crippen LogP contribution in [0.2, 0.25) is 0 Å². The zero-order chi connectivity index (χ0) is 25.3. The molecule has 3 atom stereocenters. The number of benzene rings is 1. The molecular formula is C21H25F7N4O2. The van der Waals surface area contributed by atoms with Crippen molar-refractivity contribution in [3.05, 3.63) is 29.3 Å². The molecule has 2 aromatic rings. The van der Waals surface area contributed by atoms with Crippen molar-refractivity contribution in [3.8, 4) is 0 Å². The summed E-state index contributed by atoms with van der Waals surface area (Å²) in [6.07, 6.45) is -7.52. The molecule has 1 saturated carbocycles. The van der Waals surface area contributed by atoms with E-state index in [9.17, 15) is 35.5 Å². The van der Waals surface area contributed by atoms with Crippen LogP contribution in [0.15, 0.2) is 12.1 Å². The number of urea groups is 1. The third kappa shape index (κ3) is 6.97. The number of H-pyrrole nitrogens is 1. The van der Waals surface area contributed by atoms with Crippen LogP contribution in [-0.4, -0.2) is 58.0 Å². The van der Waals surface area contributed by atoms with Crippen molar-refractivity contribution >= 4 is 17.1 Å². The number of ether oxygens (including phenoxy) is 1. The fourth-order valence-electron chi connectivity index (χ4n) is 3.25. The van der Waals surface area contributed by atoms with Crippen molar-refractivity contribution < 1.29 is 40.3 Å². The van der Waals surface area contributed by atoms with E-state index < -0.39 is 49.0 Å². The maximum Gasteiger partial charge on any atom is 0.414 e. The Morgan fingerprint density at radius 2 is 1.79 bits per heavy atom. The Kier molecular flexibility index (Phi) is 7.63. The van der Waals surface area contributed by atoms with Crippen LogP contribution in [0.5, 0.6) is 0 Å². The molecule has 190 valence electrons. The maximum atomic E-state index is 14.4. The number of halogens is 7. The van der Waals surface area contributed by atoms with E-state index in [1.54, 1.807) is 0 Å². The monoisotopic (exact) mass is 498 g/mol. The zero-order valence-corrected chi connectivity index (χ0v) is 18.5. The second kappa shape index (κ2) is 9.96. The number of nitrogens with one attached hydrogen (secondary N) is 2. The van der Waals surface area contributed by atoms with Gasteiger partial charge in [-0.2, -0.15) is 26.3 Å². The first-order chi connectivity index (χ1) is 15.7.